The van der Waals surface area contributed by atoms with Crippen LogP contribution in [0.3, 0.4) is 0 Å². The van der Waals surface area contributed by atoms with E-state index in [0.29, 0.717) is 11.0 Å². The van der Waals surface area contributed by atoms with Crippen molar-refractivity contribution in [3.8, 4) is 10.6 Å². The molecule has 5 nitrogen and oxygen atoms in total. The highest BCUT2D eigenvalue weighted by atomic mass is 35.5. The summed E-state index contributed by atoms with van der Waals surface area (Å²) in [5.74, 6) is 0.443. The second-order valence-corrected chi connectivity index (χ2v) is 7.69. The minimum absolute atomic E-state index is 0.135. The van der Waals surface area contributed by atoms with Gasteiger partial charge in [0.05, 0.1) is 28.2 Å². The average molecular weight is 411 g/mol. The van der Waals surface area contributed by atoms with Gasteiger partial charge in [-0.2, -0.15) is 0 Å². The molecule has 4 aromatic rings. The standard InChI is InChI=1S/C21H19ClN4OS/c1-2-11-26-18-10-6-5-9-17(18)24-21(26)25-19(27)12-14-13-28-20(23-14)15-7-3-4-8-16(15)22/h3-10,13H,2,11-12H2,1H3,(H,24,25,27). The number of hydrogen-bond acceptors (Lipinski definition) is 4. The SMILES string of the molecule is CCCn1c(NC(=O)Cc2csc(-c3ccccc3Cl)n2)nc2ccccc21. The fraction of sp³-hybridized carbons (Fsp3) is 0.190. The lowest BCUT2D eigenvalue weighted by molar-refractivity contribution is -0.115. The first-order chi connectivity index (χ1) is 13.7. The summed E-state index contributed by atoms with van der Waals surface area (Å²) in [5, 5.41) is 6.31. The number of amides is 1. The molecule has 4 rings (SSSR count). The van der Waals surface area contributed by atoms with Gasteiger partial charge in [0.2, 0.25) is 11.9 Å². The highest BCUT2D eigenvalue weighted by Gasteiger charge is 2.15. The molecule has 2 aromatic heterocycles. The van der Waals surface area contributed by atoms with Gasteiger partial charge in [-0.25, -0.2) is 9.97 Å². The number of aromatic nitrogens is 3. The third-order valence-corrected chi connectivity index (χ3v) is 5.60. The van der Waals surface area contributed by atoms with Crippen molar-refractivity contribution in [3.05, 3.63) is 64.6 Å². The number of nitrogens with zero attached hydrogens (tertiary/aromatic N) is 3. The van der Waals surface area contributed by atoms with Gasteiger partial charge in [0.15, 0.2) is 0 Å². The van der Waals surface area contributed by atoms with Crippen LogP contribution in [-0.4, -0.2) is 20.4 Å². The highest BCUT2D eigenvalue weighted by molar-refractivity contribution is 7.13. The van der Waals surface area contributed by atoms with Crippen LogP contribution in [0.5, 0.6) is 0 Å². The van der Waals surface area contributed by atoms with Crippen LogP contribution in [0.4, 0.5) is 5.95 Å². The second kappa shape index (κ2) is 8.12. The number of aryl methyl sites for hydroxylation is 1. The first kappa shape index (κ1) is 18.7. The van der Waals surface area contributed by atoms with E-state index in [9.17, 15) is 4.79 Å². The average Bonchev–Trinajstić information content (AvgIpc) is 3.27. The third kappa shape index (κ3) is 3.79. The van der Waals surface area contributed by atoms with Crippen molar-refractivity contribution in [1.29, 1.82) is 0 Å². The number of nitrogens with one attached hydrogen (secondary N) is 1. The molecule has 0 saturated heterocycles. The fourth-order valence-electron chi connectivity index (χ4n) is 3.10. The third-order valence-electron chi connectivity index (χ3n) is 4.35. The molecule has 0 bridgehead atoms. The molecule has 1 N–H and O–H groups in total. The molecule has 0 aliphatic heterocycles. The Balaban J connectivity index is 1.52. The Kier molecular flexibility index (Phi) is 5.41. The van der Waals surface area contributed by atoms with E-state index in [1.54, 1.807) is 0 Å². The molecule has 0 fully saturated rings. The van der Waals surface area contributed by atoms with E-state index in [4.69, 9.17) is 11.6 Å². The number of halogens is 1. The van der Waals surface area contributed by atoms with Crippen LogP contribution in [0.25, 0.3) is 21.6 Å². The minimum Gasteiger partial charge on any atom is -0.310 e. The smallest absolute Gasteiger partial charge is 0.232 e. The summed E-state index contributed by atoms with van der Waals surface area (Å²) in [6.45, 7) is 2.90. The summed E-state index contributed by atoms with van der Waals surface area (Å²) < 4.78 is 2.05. The van der Waals surface area contributed by atoms with Gasteiger partial charge in [-0.3, -0.25) is 10.1 Å². The van der Waals surface area contributed by atoms with Crippen molar-refractivity contribution < 1.29 is 4.79 Å². The summed E-state index contributed by atoms with van der Waals surface area (Å²) in [6, 6.07) is 15.5. The number of thiazole rings is 1. The van der Waals surface area contributed by atoms with E-state index in [0.717, 1.165) is 40.3 Å². The lowest BCUT2D eigenvalue weighted by Crippen LogP contribution is -2.18. The first-order valence-electron chi connectivity index (χ1n) is 9.10. The number of carbonyl (C=O) groups is 1. The van der Waals surface area contributed by atoms with Gasteiger partial charge in [0, 0.05) is 17.5 Å². The van der Waals surface area contributed by atoms with Gasteiger partial charge in [-0.15, -0.1) is 11.3 Å². The Morgan fingerprint density at radius 2 is 1.93 bits per heavy atom. The van der Waals surface area contributed by atoms with E-state index in [1.165, 1.54) is 11.3 Å². The van der Waals surface area contributed by atoms with Gasteiger partial charge in [-0.05, 0) is 24.6 Å². The Bertz CT molecular complexity index is 1130. The molecule has 0 saturated carbocycles. The molecule has 28 heavy (non-hydrogen) atoms. The Hall–Kier alpha value is -2.70. The normalized spacial score (nSPS) is 11.1. The van der Waals surface area contributed by atoms with Gasteiger partial charge in [-0.1, -0.05) is 48.9 Å². The van der Waals surface area contributed by atoms with E-state index in [1.807, 2.05) is 58.5 Å². The molecule has 0 aliphatic rings. The number of imidazole rings is 1. The fourth-order valence-corrected chi connectivity index (χ4v) is 4.24. The summed E-state index contributed by atoms with van der Waals surface area (Å²) in [6.07, 6.45) is 1.15. The van der Waals surface area contributed by atoms with Gasteiger partial charge in [0.1, 0.15) is 5.01 Å². The van der Waals surface area contributed by atoms with Gasteiger partial charge in [0.25, 0.3) is 0 Å². The zero-order valence-corrected chi connectivity index (χ0v) is 16.9. The number of rotatable bonds is 6. The molecular weight excluding hydrogens is 392 g/mol. The van der Waals surface area contributed by atoms with Crippen molar-refractivity contribution in [2.24, 2.45) is 0 Å². The molecule has 1 amide bonds. The summed E-state index contributed by atoms with van der Waals surface area (Å²) in [5.41, 5.74) is 3.50. The molecule has 7 heteroatoms. The summed E-state index contributed by atoms with van der Waals surface area (Å²) in [4.78, 5) is 21.7. The quantitative estimate of drug-likeness (QED) is 0.462. The van der Waals surface area contributed by atoms with Crippen LogP contribution >= 0.6 is 22.9 Å². The molecule has 0 atom stereocenters. The maximum atomic E-state index is 12.6. The maximum absolute atomic E-state index is 12.6. The molecule has 2 heterocycles. The minimum atomic E-state index is -0.135. The zero-order chi connectivity index (χ0) is 19.5. The molecule has 142 valence electrons. The lowest BCUT2D eigenvalue weighted by atomic mass is 10.2. The predicted molar refractivity (Wildman–Crippen MR) is 115 cm³/mol. The zero-order valence-electron chi connectivity index (χ0n) is 15.4. The lowest BCUT2D eigenvalue weighted by Gasteiger charge is -2.08. The number of fused-ring (bicyclic) bond motifs is 1. The molecule has 0 aliphatic carbocycles. The molecule has 0 spiro atoms. The van der Waals surface area contributed by atoms with Crippen molar-refractivity contribution in [2.45, 2.75) is 26.3 Å². The first-order valence-corrected chi connectivity index (χ1v) is 10.4. The molecule has 0 unspecified atom stereocenters. The van der Waals surface area contributed by atoms with Crippen LogP contribution in [0, 0.1) is 0 Å². The number of anilines is 1. The van der Waals surface area contributed by atoms with Crippen molar-refractivity contribution in [3.63, 3.8) is 0 Å². The monoisotopic (exact) mass is 410 g/mol. The molecule has 0 radical (unpaired) electrons. The van der Waals surface area contributed by atoms with Crippen LogP contribution < -0.4 is 5.32 Å². The topological polar surface area (TPSA) is 59.8 Å². The Labute approximate surface area is 172 Å². The highest BCUT2D eigenvalue weighted by Crippen LogP contribution is 2.30. The summed E-state index contributed by atoms with van der Waals surface area (Å²) in [7, 11) is 0. The van der Waals surface area contributed by atoms with Crippen LogP contribution in [0.15, 0.2) is 53.9 Å². The van der Waals surface area contributed by atoms with Gasteiger partial charge < -0.3 is 4.57 Å². The van der Waals surface area contributed by atoms with Crippen molar-refractivity contribution >= 4 is 45.8 Å². The Morgan fingerprint density at radius 1 is 1.14 bits per heavy atom. The van der Waals surface area contributed by atoms with E-state index >= 15 is 0 Å². The Morgan fingerprint density at radius 3 is 2.75 bits per heavy atom. The van der Waals surface area contributed by atoms with E-state index < -0.39 is 0 Å². The van der Waals surface area contributed by atoms with Crippen molar-refractivity contribution in [2.75, 3.05) is 5.32 Å². The van der Waals surface area contributed by atoms with E-state index in [-0.39, 0.29) is 12.3 Å². The van der Waals surface area contributed by atoms with Gasteiger partial charge >= 0.3 is 0 Å². The number of para-hydroxylation sites is 2. The second-order valence-electron chi connectivity index (χ2n) is 6.42. The summed E-state index contributed by atoms with van der Waals surface area (Å²) >= 11 is 7.73. The van der Waals surface area contributed by atoms with E-state index in [2.05, 4.69) is 22.2 Å². The maximum Gasteiger partial charge on any atom is 0.232 e. The predicted octanol–water partition coefficient (Wildman–Crippen LogP) is 5.40. The number of carbonyl (C=O) groups excluding carboxylic acids is 1. The molecular formula is C21H19ClN4OS. The van der Waals surface area contributed by atoms with Crippen molar-refractivity contribution in [1.82, 2.24) is 14.5 Å². The largest absolute Gasteiger partial charge is 0.310 e. The number of benzene rings is 2. The number of hydrogen-bond donors (Lipinski definition) is 1. The van der Waals surface area contributed by atoms with Crippen LogP contribution in [0.2, 0.25) is 5.02 Å². The van der Waals surface area contributed by atoms with Crippen LogP contribution in [-0.2, 0) is 17.8 Å². The van der Waals surface area contributed by atoms with Crippen LogP contribution in [0.1, 0.15) is 19.0 Å². The molecule has 2 aromatic carbocycles.